The van der Waals surface area contributed by atoms with Crippen molar-refractivity contribution in [1.82, 2.24) is 0 Å². The van der Waals surface area contributed by atoms with Crippen LogP contribution in [0.4, 0.5) is 8.78 Å². The average molecular weight is 378 g/mol. The molecule has 1 saturated heterocycles. The Balaban J connectivity index is 1.45. The van der Waals surface area contributed by atoms with E-state index in [2.05, 4.69) is 5.92 Å². The van der Waals surface area contributed by atoms with E-state index in [9.17, 15) is 8.78 Å². The van der Waals surface area contributed by atoms with Crippen LogP contribution < -0.4 is 9.47 Å². The first kappa shape index (κ1) is 19.9. The van der Waals surface area contributed by atoms with Crippen LogP contribution in [0.3, 0.4) is 0 Å². The van der Waals surface area contributed by atoms with Crippen molar-refractivity contribution in [1.29, 1.82) is 0 Å². The standard InChI is InChI=1S/C22H28F2O3/c1-3-18-10-9-17(14-26-18)16-7-5-15(6-8-16)13-27-20-12-11-19(25-4-2)21(23)22(20)24/h1,11-12,15-18H,4-10,13-14H2,2H3. The zero-order valence-corrected chi connectivity index (χ0v) is 15.9. The van der Waals surface area contributed by atoms with E-state index in [4.69, 9.17) is 20.6 Å². The van der Waals surface area contributed by atoms with Crippen molar-refractivity contribution in [3.63, 3.8) is 0 Å². The van der Waals surface area contributed by atoms with Crippen LogP contribution in [0.1, 0.15) is 45.4 Å². The lowest BCUT2D eigenvalue weighted by atomic mass is 9.74. The van der Waals surface area contributed by atoms with Crippen molar-refractivity contribution in [3.05, 3.63) is 23.8 Å². The van der Waals surface area contributed by atoms with E-state index in [0.717, 1.165) is 45.1 Å². The van der Waals surface area contributed by atoms with Gasteiger partial charge < -0.3 is 14.2 Å². The average Bonchev–Trinajstić information content (AvgIpc) is 2.71. The first-order chi connectivity index (χ1) is 13.1. The molecule has 1 aliphatic heterocycles. The van der Waals surface area contributed by atoms with Crippen molar-refractivity contribution < 1.29 is 23.0 Å². The third-order valence-corrected chi connectivity index (χ3v) is 5.84. The Morgan fingerprint density at radius 1 is 1.00 bits per heavy atom. The molecule has 0 spiro atoms. The molecule has 148 valence electrons. The molecule has 1 aromatic carbocycles. The number of hydrogen-bond donors (Lipinski definition) is 0. The van der Waals surface area contributed by atoms with Gasteiger partial charge in [0.2, 0.25) is 11.6 Å². The van der Waals surface area contributed by atoms with E-state index in [-0.39, 0.29) is 24.2 Å². The van der Waals surface area contributed by atoms with Gasteiger partial charge in [0.15, 0.2) is 11.5 Å². The molecule has 3 nitrogen and oxygen atoms in total. The van der Waals surface area contributed by atoms with Crippen LogP contribution in [0.2, 0.25) is 0 Å². The molecular weight excluding hydrogens is 350 g/mol. The van der Waals surface area contributed by atoms with Crippen molar-refractivity contribution in [2.75, 3.05) is 19.8 Å². The lowest BCUT2D eigenvalue weighted by Crippen LogP contribution is -2.32. The minimum Gasteiger partial charge on any atom is -0.491 e. The summed E-state index contributed by atoms with van der Waals surface area (Å²) in [5.41, 5.74) is 0. The van der Waals surface area contributed by atoms with Gasteiger partial charge in [-0.15, -0.1) is 6.42 Å². The fourth-order valence-electron chi connectivity index (χ4n) is 4.20. The van der Waals surface area contributed by atoms with Gasteiger partial charge in [0.05, 0.1) is 19.8 Å². The van der Waals surface area contributed by atoms with Crippen LogP contribution in [0.15, 0.2) is 12.1 Å². The molecule has 0 N–H and O–H groups in total. The molecule has 0 radical (unpaired) electrons. The maximum absolute atomic E-state index is 14.1. The van der Waals surface area contributed by atoms with Gasteiger partial charge in [0.1, 0.15) is 6.10 Å². The number of ether oxygens (including phenoxy) is 3. The van der Waals surface area contributed by atoms with E-state index >= 15 is 0 Å². The Hall–Kier alpha value is -1.80. The lowest BCUT2D eigenvalue weighted by molar-refractivity contribution is -0.0136. The van der Waals surface area contributed by atoms with Crippen molar-refractivity contribution in [2.24, 2.45) is 17.8 Å². The van der Waals surface area contributed by atoms with Crippen LogP contribution in [-0.2, 0) is 4.74 Å². The molecule has 1 heterocycles. The SMILES string of the molecule is C#CC1CCC(C2CCC(COc3ccc(OCC)c(F)c3F)CC2)CO1. The van der Waals surface area contributed by atoms with Gasteiger partial charge in [-0.25, -0.2) is 0 Å². The molecular formula is C22H28F2O3. The van der Waals surface area contributed by atoms with Gasteiger partial charge in [0, 0.05) is 0 Å². The molecule has 0 amide bonds. The minimum absolute atomic E-state index is 0.0182. The highest BCUT2D eigenvalue weighted by Crippen LogP contribution is 2.38. The Morgan fingerprint density at radius 2 is 1.63 bits per heavy atom. The second kappa shape index (κ2) is 9.41. The summed E-state index contributed by atoms with van der Waals surface area (Å²) in [6, 6.07) is 2.86. The van der Waals surface area contributed by atoms with E-state index in [1.54, 1.807) is 6.92 Å². The monoisotopic (exact) mass is 378 g/mol. The maximum Gasteiger partial charge on any atom is 0.204 e. The first-order valence-electron chi connectivity index (χ1n) is 9.93. The predicted molar refractivity (Wildman–Crippen MR) is 99.8 cm³/mol. The van der Waals surface area contributed by atoms with Gasteiger partial charge in [0.25, 0.3) is 0 Å². The van der Waals surface area contributed by atoms with Gasteiger partial charge >= 0.3 is 0 Å². The molecule has 0 bridgehead atoms. The Kier molecular flexibility index (Phi) is 6.95. The molecule has 1 saturated carbocycles. The fraction of sp³-hybridized carbons (Fsp3) is 0.636. The summed E-state index contributed by atoms with van der Waals surface area (Å²) < 4.78 is 44.4. The fourth-order valence-corrected chi connectivity index (χ4v) is 4.20. The molecule has 1 aromatic rings. The number of hydrogen-bond acceptors (Lipinski definition) is 3. The molecule has 5 heteroatoms. The summed E-state index contributed by atoms with van der Waals surface area (Å²) in [7, 11) is 0. The second-order valence-corrected chi connectivity index (χ2v) is 7.54. The van der Waals surface area contributed by atoms with E-state index in [1.807, 2.05) is 0 Å². The summed E-state index contributed by atoms with van der Waals surface area (Å²) in [6.45, 7) is 3.19. The van der Waals surface area contributed by atoms with Gasteiger partial charge in [-0.3, -0.25) is 0 Å². The third-order valence-electron chi connectivity index (χ3n) is 5.84. The number of benzene rings is 1. The van der Waals surface area contributed by atoms with Crippen molar-refractivity contribution in [3.8, 4) is 23.8 Å². The van der Waals surface area contributed by atoms with E-state index in [1.165, 1.54) is 12.1 Å². The zero-order chi connectivity index (χ0) is 19.2. The zero-order valence-electron chi connectivity index (χ0n) is 15.9. The lowest BCUT2D eigenvalue weighted by Gasteiger charge is -2.36. The van der Waals surface area contributed by atoms with E-state index < -0.39 is 11.6 Å². The maximum atomic E-state index is 14.1. The first-order valence-corrected chi connectivity index (χ1v) is 9.93. The Labute approximate surface area is 160 Å². The molecule has 2 atom stereocenters. The molecule has 1 aliphatic carbocycles. The molecule has 0 aromatic heterocycles. The van der Waals surface area contributed by atoms with Crippen molar-refractivity contribution in [2.45, 2.75) is 51.6 Å². The van der Waals surface area contributed by atoms with Crippen LogP contribution in [0, 0.1) is 41.7 Å². The summed E-state index contributed by atoms with van der Waals surface area (Å²) in [4.78, 5) is 0. The van der Waals surface area contributed by atoms with Crippen LogP contribution in [-0.4, -0.2) is 25.9 Å². The molecule has 2 fully saturated rings. The van der Waals surface area contributed by atoms with E-state index in [0.29, 0.717) is 24.4 Å². The van der Waals surface area contributed by atoms with Crippen LogP contribution in [0.5, 0.6) is 11.5 Å². The normalized spacial score (nSPS) is 28.4. The van der Waals surface area contributed by atoms with Gasteiger partial charge in [-0.1, -0.05) is 5.92 Å². The number of terminal acetylenes is 1. The summed E-state index contributed by atoms with van der Waals surface area (Å²) in [6.07, 6.45) is 11.8. The minimum atomic E-state index is -0.986. The van der Waals surface area contributed by atoms with Gasteiger partial charge in [-0.2, -0.15) is 8.78 Å². The smallest absolute Gasteiger partial charge is 0.204 e. The summed E-state index contributed by atoms with van der Waals surface area (Å²) in [5.74, 6) is 2.23. The predicted octanol–water partition coefficient (Wildman–Crippen LogP) is 4.98. The Bertz CT molecular complexity index is 654. The topological polar surface area (TPSA) is 27.7 Å². The van der Waals surface area contributed by atoms with Crippen molar-refractivity contribution >= 4 is 0 Å². The molecule has 2 aliphatic rings. The molecule has 27 heavy (non-hydrogen) atoms. The van der Waals surface area contributed by atoms with Gasteiger partial charge in [-0.05, 0) is 75.3 Å². The largest absolute Gasteiger partial charge is 0.491 e. The summed E-state index contributed by atoms with van der Waals surface area (Å²) >= 11 is 0. The number of halogens is 2. The quantitative estimate of drug-likeness (QED) is 0.654. The van der Waals surface area contributed by atoms with Crippen LogP contribution >= 0.6 is 0 Å². The summed E-state index contributed by atoms with van der Waals surface area (Å²) in [5, 5.41) is 0. The highest BCUT2D eigenvalue weighted by Gasteiger charge is 2.31. The molecule has 3 rings (SSSR count). The Morgan fingerprint density at radius 3 is 2.19 bits per heavy atom. The number of rotatable bonds is 6. The second-order valence-electron chi connectivity index (χ2n) is 7.54. The highest BCUT2D eigenvalue weighted by atomic mass is 19.2. The highest BCUT2D eigenvalue weighted by molar-refractivity contribution is 5.35. The molecule has 2 unspecified atom stereocenters. The third kappa shape index (κ3) is 4.93. The van der Waals surface area contributed by atoms with Crippen LogP contribution in [0.25, 0.3) is 0 Å².